The van der Waals surface area contributed by atoms with Crippen molar-refractivity contribution >= 4 is 11.6 Å². The molecule has 1 aliphatic heterocycles. The van der Waals surface area contributed by atoms with Crippen LogP contribution < -0.4 is 9.64 Å². The predicted octanol–water partition coefficient (Wildman–Crippen LogP) is 2.71. The van der Waals surface area contributed by atoms with E-state index in [0.717, 1.165) is 0 Å². The molecule has 0 radical (unpaired) electrons. The van der Waals surface area contributed by atoms with Gasteiger partial charge in [0.1, 0.15) is 5.75 Å². The third-order valence-corrected chi connectivity index (χ3v) is 3.04. The number of anilines is 1. The molecular weight excluding hydrogens is 247 g/mol. The minimum absolute atomic E-state index is 0.374. The van der Waals surface area contributed by atoms with E-state index in [9.17, 15) is 18.0 Å². The van der Waals surface area contributed by atoms with E-state index in [1.54, 1.807) is 12.1 Å². The first-order valence-corrected chi connectivity index (χ1v) is 5.36. The average molecular weight is 259 g/mol. The molecule has 0 spiro atoms. The van der Waals surface area contributed by atoms with Crippen LogP contribution in [0.25, 0.3) is 0 Å². The maximum absolute atomic E-state index is 12.5. The quantitative estimate of drug-likeness (QED) is 0.817. The van der Waals surface area contributed by atoms with Gasteiger partial charge in [-0.25, -0.2) is 0 Å². The summed E-state index contributed by atoms with van der Waals surface area (Å²) in [5, 5.41) is 0. The Morgan fingerprint density at radius 3 is 2.61 bits per heavy atom. The maximum Gasteiger partial charge on any atom is 0.390 e. The highest BCUT2D eigenvalue weighted by Crippen LogP contribution is 2.43. The number of halogens is 3. The number of carbonyl (C=O) groups excluding carboxylic acids is 1. The first-order chi connectivity index (χ1) is 8.33. The number of hydrogen-bond donors (Lipinski definition) is 0. The molecule has 0 fully saturated rings. The number of benzene rings is 1. The lowest BCUT2D eigenvalue weighted by Crippen LogP contribution is -2.26. The highest BCUT2D eigenvalue weighted by Gasteiger charge is 2.43. The zero-order valence-electron chi connectivity index (χ0n) is 9.91. The van der Waals surface area contributed by atoms with Gasteiger partial charge in [-0.3, -0.25) is 4.79 Å². The van der Waals surface area contributed by atoms with Crippen molar-refractivity contribution < 1.29 is 22.7 Å². The summed E-state index contributed by atoms with van der Waals surface area (Å²) in [4.78, 5) is 13.1. The summed E-state index contributed by atoms with van der Waals surface area (Å²) in [6.07, 6.45) is -5.51. The molecule has 0 aromatic heterocycles. The van der Waals surface area contributed by atoms with Crippen molar-refractivity contribution in [2.45, 2.75) is 18.5 Å². The Bertz CT molecular complexity index is 485. The number of ether oxygens (including phenoxy) is 1. The molecule has 0 saturated heterocycles. The van der Waals surface area contributed by atoms with Crippen LogP contribution in [0.3, 0.4) is 0 Å². The van der Waals surface area contributed by atoms with E-state index < -0.39 is 24.4 Å². The Hall–Kier alpha value is -1.72. The summed E-state index contributed by atoms with van der Waals surface area (Å²) in [5.41, 5.74) is 0.884. The summed E-state index contributed by atoms with van der Waals surface area (Å²) in [6, 6.07) is 4.72. The Morgan fingerprint density at radius 1 is 1.39 bits per heavy atom. The van der Waals surface area contributed by atoms with Gasteiger partial charge in [0.2, 0.25) is 5.91 Å². The van der Waals surface area contributed by atoms with Gasteiger partial charge in [0.25, 0.3) is 0 Å². The molecule has 0 aliphatic carbocycles. The first-order valence-electron chi connectivity index (χ1n) is 5.36. The molecular formula is C12H12F3NO2. The van der Waals surface area contributed by atoms with E-state index in [0.29, 0.717) is 17.0 Å². The number of nitrogens with zero attached hydrogens (tertiary/aromatic N) is 1. The average Bonchev–Trinajstić information content (AvgIpc) is 2.52. The highest BCUT2D eigenvalue weighted by atomic mass is 19.4. The fourth-order valence-corrected chi connectivity index (χ4v) is 2.16. The van der Waals surface area contributed by atoms with Gasteiger partial charge in [0, 0.05) is 12.7 Å². The van der Waals surface area contributed by atoms with Crippen LogP contribution in [0.4, 0.5) is 18.9 Å². The molecule has 6 heteroatoms. The van der Waals surface area contributed by atoms with Crippen LogP contribution in [0.2, 0.25) is 0 Å². The monoisotopic (exact) mass is 259 g/mol. The van der Waals surface area contributed by atoms with Gasteiger partial charge in [-0.2, -0.15) is 13.2 Å². The van der Waals surface area contributed by atoms with Gasteiger partial charge >= 0.3 is 6.18 Å². The Kier molecular flexibility index (Phi) is 2.96. The molecule has 1 heterocycles. The molecule has 1 aromatic carbocycles. The van der Waals surface area contributed by atoms with E-state index in [4.69, 9.17) is 4.74 Å². The molecule has 1 amide bonds. The van der Waals surface area contributed by atoms with Crippen LogP contribution in [-0.4, -0.2) is 26.2 Å². The Labute approximate surface area is 102 Å². The number of methoxy groups -OCH3 is 1. The number of rotatable bonds is 2. The van der Waals surface area contributed by atoms with E-state index >= 15 is 0 Å². The van der Waals surface area contributed by atoms with E-state index in [-0.39, 0.29) is 0 Å². The van der Waals surface area contributed by atoms with E-state index in [1.165, 1.54) is 25.1 Å². The van der Waals surface area contributed by atoms with Crippen LogP contribution in [0, 0.1) is 0 Å². The summed E-state index contributed by atoms with van der Waals surface area (Å²) in [5.74, 6) is -1.25. The zero-order chi connectivity index (χ0) is 13.5. The van der Waals surface area contributed by atoms with Crippen molar-refractivity contribution in [3.63, 3.8) is 0 Å². The van der Waals surface area contributed by atoms with Crippen molar-refractivity contribution in [1.82, 2.24) is 0 Å². The number of alkyl halides is 3. The van der Waals surface area contributed by atoms with Gasteiger partial charge in [-0.05, 0) is 23.8 Å². The van der Waals surface area contributed by atoms with Crippen LogP contribution in [-0.2, 0) is 4.79 Å². The summed E-state index contributed by atoms with van der Waals surface area (Å²) in [7, 11) is 2.91. The first kappa shape index (κ1) is 12.7. The van der Waals surface area contributed by atoms with Crippen molar-refractivity contribution in [2.75, 3.05) is 19.1 Å². The van der Waals surface area contributed by atoms with Crippen LogP contribution in [0.15, 0.2) is 18.2 Å². The fourth-order valence-electron chi connectivity index (χ4n) is 2.16. The molecule has 2 rings (SSSR count). The number of carbonyl (C=O) groups is 1. The van der Waals surface area contributed by atoms with Crippen LogP contribution >= 0.6 is 0 Å². The predicted molar refractivity (Wildman–Crippen MR) is 59.8 cm³/mol. The summed E-state index contributed by atoms with van der Waals surface area (Å²) in [6.45, 7) is 0. The van der Waals surface area contributed by atoms with Crippen molar-refractivity contribution in [3.05, 3.63) is 23.8 Å². The molecule has 1 aliphatic rings. The highest BCUT2D eigenvalue weighted by molar-refractivity contribution is 6.04. The SMILES string of the molecule is COc1ccc2c(c1)C(CC(F)(F)F)C(=O)N2C. The normalized spacial score (nSPS) is 19.1. The third kappa shape index (κ3) is 2.14. The molecule has 1 atom stereocenters. The molecule has 98 valence electrons. The van der Waals surface area contributed by atoms with Gasteiger partial charge in [-0.15, -0.1) is 0 Å². The summed E-state index contributed by atoms with van der Waals surface area (Å²) < 4.78 is 42.4. The van der Waals surface area contributed by atoms with Crippen LogP contribution in [0.1, 0.15) is 17.9 Å². The van der Waals surface area contributed by atoms with E-state index in [2.05, 4.69) is 0 Å². The molecule has 18 heavy (non-hydrogen) atoms. The van der Waals surface area contributed by atoms with Gasteiger partial charge in [-0.1, -0.05) is 0 Å². The minimum atomic E-state index is -4.37. The lowest BCUT2D eigenvalue weighted by Gasteiger charge is -2.13. The minimum Gasteiger partial charge on any atom is -0.497 e. The topological polar surface area (TPSA) is 29.5 Å². The molecule has 1 unspecified atom stereocenters. The van der Waals surface area contributed by atoms with Crippen molar-refractivity contribution in [1.29, 1.82) is 0 Å². The maximum atomic E-state index is 12.5. The number of amides is 1. The van der Waals surface area contributed by atoms with Gasteiger partial charge in [0.15, 0.2) is 0 Å². The molecule has 1 aromatic rings. The largest absolute Gasteiger partial charge is 0.497 e. The molecule has 0 bridgehead atoms. The lowest BCUT2D eigenvalue weighted by atomic mass is 9.97. The second-order valence-electron chi connectivity index (χ2n) is 4.19. The molecule has 0 saturated carbocycles. The van der Waals surface area contributed by atoms with Gasteiger partial charge in [0.05, 0.1) is 19.4 Å². The van der Waals surface area contributed by atoms with E-state index in [1.807, 2.05) is 0 Å². The second kappa shape index (κ2) is 4.19. The summed E-state index contributed by atoms with van der Waals surface area (Å²) >= 11 is 0. The molecule has 3 nitrogen and oxygen atoms in total. The van der Waals surface area contributed by atoms with Gasteiger partial charge < -0.3 is 9.64 Å². The fraction of sp³-hybridized carbons (Fsp3) is 0.417. The second-order valence-corrected chi connectivity index (χ2v) is 4.19. The third-order valence-electron chi connectivity index (χ3n) is 3.04. The lowest BCUT2D eigenvalue weighted by molar-refractivity contribution is -0.146. The number of likely N-dealkylation sites (N-methyl/N-ethyl adjacent to an activating group) is 1. The van der Waals surface area contributed by atoms with Crippen LogP contribution in [0.5, 0.6) is 5.75 Å². The Balaban J connectivity index is 2.42. The standard InChI is InChI=1S/C12H12F3NO2/c1-16-10-4-3-7(18-2)5-8(10)9(11(16)17)6-12(13,14)15/h3-5,9H,6H2,1-2H3. The number of fused-ring (bicyclic) bond motifs is 1. The molecule has 0 N–H and O–H groups in total. The van der Waals surface area contributed by atoms with Crippen molar-refractivity contribution in [3.8, 4) is 5.75 Å². The number of hydrogen-bond acceptors (Lipinski definition) is 2. The van der Waals surface area contributed by atoms with Crippen molar-refractivity contribution in [2.24, 2.45) is 0 Å². The Morgan fingerprint density at radius 2 is 2.06 bits per heavy atom. The zero-order valence-corrected chi connectivity index (χ0v) is 9.91. The smallest absolute Gasteiger partial charge is 0.390 e.